The van der Waals surface area contributed by atoms with Crippen molar-refractivity contribution in [1.82, 2.24) is 0 Å². The number of fused-ring (bicyclic) bond motifs is 1. The summed E-state index contributed by atoms with van der Waals surface area (Å²) in [4.78, 5) is 12.7. The molecule has 196 valence electrons. The van der Waals surface area contributed by atoms with Crippen LogP contribution in [-0.4, -0.2) is 33.9 Å². The largest absolute Gasteiger partial charge is 0.494 e. The maximum absolute atomic E-state index is 12.7. The summed E-state index contributed by atoms with van der Waals surface area (Å²) in [6, 6.07) is 17.3. The molecule has 0 aromatic heterocycles. The van der Waals surface area contributed by atoms with Crippen molar-refractivity contribution in [2.45, 2.75) is 19.3 Å². The molecule has 0 amide bonds. The van der Waals surface area contributed by atoms with E-state index in [1.807, 2.05) is 6.92 Å². The van der Waals surface area contributed by atoms with Gasteiger partial charge in [-0.1, -0.05) is 13.0 Å². The quantitative estimate of drug-likeness (QED) is 0.311. The highest BCUT2D eigenvalue weighted by atomic mass is 16.5. The predicted molar refractivity (Wildman–Crippen MR) is 139 cm³/mol. The van der Waals surface area contributed by atoms with Crippen molar-refractivity contribution >= 4 is 5.97 Å². The lowest BCUT2D eigenvalue weighted by Crippen LogP contribution is -2.21. The lowest BCUT2D eigenvalue weighted by Gasteiger charge is -2.27. The van der Waals surface area contributed by atoms with E-state index >= 15 is 0 Å². The molecule has 1 aliphatic heterocycles. The van der Waals surface area contributed by atoms with E-state index in [9.17, 15) is 10.1 Å². The highest BCUT2D eigenvalue weighted by Crippen LogP contribution is 2.47. The van der Waals surface area contributed by atoms with Crippen LogP contribution in [0.1, 0.15) is 40.7 Å². The van der Waals surface area contributed by atoms with E-state index in [0.29, 0.717) is 52.0 Å². The normalized spacial score (nSPS) is 14.0. The number of carbonyl (C=O) groups is 1. The number of hydrogen-bond donors (Lipinski definition) is 1. The third-order valence-corrected chi connectivity index (χ3v) is 5.98. The zero-order valence-corrected chi connectivity index (χ0v) is 21.6. The highest BCUT2D eigenvalue weighted by Gasteiger charge is 2.32. The molecule has 2 N–H and O–H groups in total. The van der Waals surface area contributed by atoms with Crippen molar-refractivity contribution < 1.29 is 33.2 Å². The topological polar surface area (TPSA) is 122 Å². The van der Waals surface area contributed by atoms with Crippen LogP contribution in [0.2, 0.25) is 0 Å². The SMILES string of the molecule is CCCOc1ccc(C(=O)Oc2ccc3c(c2)OC(N)=C(C#N)C3c2cc(OC)c(OC)c(OC)c2)cc1. The molecule has 1 atom stereocenters. The fourth-order valence-electron chi connectivity index (χ4n) is 4.18. The average molecular weight is 517 g/mol. The number of benzene rings is 3. The Hall–Kier alpha value is -4.84. The molecule has 4 rings (SSSR count). The van der Waals surface area contributed by atoms with E-state index in [2.05, 4.69) is 6.07 Å². The zero-order chi connectivity index (χ0) is 27.2. The minimum atomic E-state index is -0.585. The van der Waals surface area contributed by atoms with Crippen molar-refractivity contribution in [3.05, 3.63) is 82.7 Å². The number of rotatable bonds is 9. The van der Waals surface area contributed by atoms with E-state index in [1.54, 1.807) is 54.6 Å². The van der Waals surface area contributed by atoms with Crippen LogP contribution >= 0.6 is 0 Å². The number of nitrogens with two attached hydrogens (primary N) is 1. The molecule has 0 bridgehead atoms. The monoisotopic (exact) mass is 516 g/mol. The summed E-state index contributed by atoms with van der Waals surface area (Å²) in [5.74, 6) is 1.41. The summed E-state index contributed by atoms with van der Waals surface area (Å²) in [5, 5.41) is 9.91. The molecule has 1 heterocycles. The molecule has 38 heavy (non-hydrogen) atoms. The molecule has 1 unspecified atom stereocenters. The second-order valence-electron chi connectivity index (χ2n) is 8.35. The maximum Gasteiger partial charge on any atom is 0.343 e. The van der Waals surface area contributed by atoms with E-state index < -0.39 is 11.9 Å². The average Bonchev–Trinajstić information content (AvgIpc) is 2.94. The van der Waals surface area contributed by atoms with Gasteiger partial charge in [-0.15, -0.1) is 0 Å². The first-order valence-corrected chi connectivity index (χ1v) is 11.9. The fourth-order valence-corrected chi connectivity index (χ4v) is 4.18. The van der Waals surface area contributed by atoms with Crippen LogP contribution in [0.5, 0.6) is 34.5 Å². The lowest BCUT2D eigenvalue weighted by atomic mass is 9.83. The van der Waals surface area contributed by atoms with Crippen LogP contribution in [0.4, 0.5) is 0 Å². The number of esters is 1. The van der Waals surface area contributed by atoms with Crippen LogP contribution in [0, 0.1) is 11.3 Å². The van der Waals surface area contributed by atoms with Gasteiger partial charge in [-0.05, 0) is 54.4 Å². The minimum absolute atomic E-state index is 0.0510. The second kappa shape index (κ2) is 11.5. The van der Waals surface area contributed by atoms with Crippen LogP contribution < -0.4 is 34.2 Å². The number of nitrogens with zero attached hydrogens (tertiary/aromatic N) is 1. The molecule has 3 aromatic carbocycles. The van der Waals surface area contributed by atoms with Crippen molar-refractivity contribution in [1.29, 1.82) is 5.26 Å². The van der Waals surface area contributed by atoms with E-state index in [0.717, 1.165) is 6.42 Å². The van der Waals surface area contributed by atoms with Gasteiger partial charge < -0.3 is 34.2 Å². The Balaban J connectivity index is 1.66. The van der Waals surface area contributed by atoms with Crippen LogP contribution in [0.15, 0.2) is 66.1 Å². The first kappa shape index (κ1) is 26.2. The molecule has 1 aliphatic rings. The van der Waals surface area contributed by atoms with Crippen molar-refractivity contribution in [3.63, 3.8) is 0 Å². The Morgan fingerprint density at radius 1 is 0.974 bits per heavy atom. The highest BCUT2D eigenvalue weighted by molar-refractivity contribution is 5.91. The molecule has 0 aliphatic carbocycles. The number of nitriles is 1. The zero-order valence-electron chi connectivity index (χ0n) is 21.6. The lowest BCUT2D eigenvalue weighted by molar-refractivity contribution is 0.0734. The molecule has 0 saturated carbocycles. The third-order valence-electron chi connectivity index (χ3n) is 5.98. The first-order valence-electron chi connectivity index (χ1n) is 11.9. The number of ether oxygens (including phenoxy) is 6. The maximum atomic E-state index is 12.7. The van der Waals surface area contributed by atoms with Crippen LogP contribution in [-0.2, 0) is 0 Å². The fraction of sp³-hybridized carbons (Fsp3) is 0.241. The van der Waals surface area contributed by atoms with Crippen molar-refractivity contribution in [2.24, 2.45) is 5.73 Å². The third kappa shape index (κ3) is 5.15. The van der Waals surface area contributed by atoms with Crippen molar-refractivity contribution in [3.8, 4) is 40.6 Å². The van der Waals surface area contributed by atoms with E-state index in [-0.39, 0.29) is 17.2 Å². The van der Waals surface area contributed by atoms with E-state index in [1.165, 1.54) is 21.3 Å². The number of methoxy groups -OCH3 is 3. The second-order valence-corrected chi connectivity index (χ2v) is 8.35. The summed E-state index contributed by atoms with van der Waals surface area (Å²) in [6.07, 6.45) is 0.889. The van der Waals surface area contributed by atoms with Gasteiger partial charge in [0.25, 0.3) is 0 Å². The Labute approximate surface area is 220 Å². The van der Waals surface area contributed by atoms with Gasteiger partial charge in [-0.3, -0.25) is 0 Å². The first-order chi connectivity index (χ1) is 18.4. The predicted octanol–water partition coefficient (Wildman–Crippen LogP) is 4.94. The Morgan fingerprint density at radius 2 is 1.63 bits per heavy atom. The molecule has 9 nitrogen and oxygen atoms in total. The molecule has 0 saturated heterocycles. The summed E-state index contributed by atoms with van der Waals surface area (Å²) < 4.78 is 33.3. The van der Waals surface area contributed by atoms with Gasteiger partial charge in [0.2, 0.25) is 11.6 Å². The van der Waals surface area contributed by atoms with Crippen LogP contribution in [0.25, 0.3) is 0 Å². The van der Waals surface area contributed by atoms with Crippen molar-refractivity contribution in [2.75, 3.05) is 27.9 Å². The number of allylic oxidation sites excluding steroid dienone is 1. The van der Waals surface area contributed by atoms with Gasteiger partial charge >= 0.3 is 5.97 Å². The summed E-state index contributed by atoms with van der Waals surface area (Å²) in [7, 11) is 4.54. The Kier molecular flexibility index (Phi) is 7.92. The Bertz CT molecular complexity index is 1380. The van der Waals surface area contributed by atoms with Gasteiger partial charge in [-0.25, -0.2) is 4.79 Å². The van der Waals surface area contributed by atoms with Crippen LogP contribution in [0.3, 0.4) is 0 Å². The van der Waals surface area contributed by atoms with Gasteiger partial charge in [0.1, 0.15) is 28.9 Å². The number of hydrogen-bond acceptors (Lipinski definition) is 9. The molecule has 0 fully saturated rings. The molecular weight excluding hydrogens is 488 g/mol. The summed E-state index contributed by atoms with van der Waals surface area (Å²) >= 11 is 0. The minimum Gasteiger partial charge on any atom is -0.494 e. The van der Waals surface area contributed by atoms with E-state index in [4.69, 9.17) is 34.2 Å². The van der Waals surface area contributed by atoms with Gasteiger partial charge in [0, 0.05) is 11.6 Å². The smallest absolute Gasteiger partial charge is 0.343 e. The standard InChI is InChI=1S/C29H28N2O7/c1-5-12-36-19-8-6-17(7-9-19)29(32)37-20-10-11-21-23(15-20)38-28(31)22(16-30)26(21)18-13-24(33-2)27(35-4)25(14-18)34-3/h6-11,13-15,26H,5,12,31H2,1-4H3. The molecule has 0 radical (unpaired) electrons. The molecular formula is C29H28N2O7. The molecule has 0 spiro atoms. The molecule has 3 aromatic rings. The Morgan fingerprint density at radius 3 is 2.21 bits per heavy atom. The molecule has 9 heteroatoms. The summed E-state index contributed by atoms with van der Waals surface area (Å²) in [5.41, 5.74) is 8.08. The van der Waals surface area contributed by atoms with Gasteiger partial charge in [0.15, 0.2) is 11.5 Å². The van der Waals surface area contributed by atoms with Gasteiger partial charge in [0.05, 0.1) is 39.4 Å². The summed E-state index contributed by atoms with van der Waals surface area (Å²) in [6.45, 7) is 2.62. The number of carbonyl (C=O) groups excluding carboxylic acids is 1. The van der Waals surface area contributed by atoms with Gasteiger partial charge in [-0.2, -0.15) is 5.26 Å².